The van der Waals surface area contributed by atoms with Crippen LogP contribution in [0.2, 0.25) is 0 Å². The third-order valence-corrected chi connectivity index (χ3v) is 3.57. The van der Waals surface area contributed by atoms with Crippen LogP contribution in [0.25, 0.3) is 16.8 Å². The molecular weight excluding hydrogens is 276 g/mol. The van der Waals surface area contributed by atoms with Crippen molar-refractivity contribution in [1.29, 1.82) is 0 Å². The number of para-hydroxylation sites is 1. The van der Waals surface area contributed by atoms with Crippen LogP contribution < -0.4 is 16.0 Å². The highest BCUT2D eigenvalue weighted by Gasteiger charge is 2.09. The number of anilines is 1. The van der Waals surface area contributed by atoms with Crippen LogP contribution >= 0.6 is 0 Å². The van der Waals surface area contributed by atoms with E-state index >= 15 is 0 Å². The molecule has 0 atom stereocenters. The standard InChI is InChI=1S/C18H16N2O2/c1-22-15-9-7-13(8-10-15)16-11-12-20(18(21)17(16)19)14-5-3-2-4-6-14/h2-12H,19H2,1H3. The Kier molecular flexibility index (Phi) is 3.66. The fourth-order valence-corrected chi connectivity index (χ4v) is 2.37. The van der Waals surface area contributed by atoms with Crippen molar-refractivity contribution in [3.05, 3.63) is 77.2 Å². The number of nitrogen functional groups attached to an aromatic ring is 1. The molecule has 0 bridgehead atoms. The summed E-state index contributed by atoms with van der Waals surface area (Å²) in [6.07, 6.45) is 1.74. The summed E-state index contributed by atoms with van der Waals surface area (Å²) in [6.45, 7) is 0. The van der Waals surface area contributed by atoms with Gasteiger partial charge in [0.15, 0.2) is 0 Å². The van der Waals surface area contributed by atoms with Crippen LogP contribution in [0.3, 0.4) is 0 Å². The first-order chi connectivity index (χ1) is 10.7. The molecule has 0 saturated carbocycles. The van der Waals surface area contributed by atoms with Crippen LogP contribution in [-0.4, -0.2) is 11.7 Å². The number of methoxy groups -OCH3 is 1. The lowest BCUT2D eigenvalue weighted by Gasteiger charge is -2.11. The molecule has 4 heteroatoms. The summed E-state index contributed by atoms with van der Waals surface area (Å²) in [5.74, 6) is 0.764. The number of benzene rings is 2. The average molecular weight is 292 g/mol. The smallest absolute Gasteiger partial charge is 0.278 e. The minimum atomic E-state index is -0.223. The number of pyridine rings is 1. The zero-order valence-corrected chi connectivity index (χ0v) is 12.2. The Hall–Kier alpha value is -3.01. The molecule has 0 aliphatic carbocycles. The molecule has 0 amide bonds. The first-order valence-electron chi connectivity index (χ1n) is 6.91. The third kappa shape index (κ3) is 2.46. The molecule has 2 N–H and O–H groups in total. The van der Waals surface area contributed by atoms with E-state index in [9.17, 15) is 4.79 Å². The number of nitrogens with zero attached hydrogens (tertiary/aromatic N) is 1. The van der Waals surface area contributed by atoms with Crippen molar-refractivity contribution in [2.45, 2.75) is 0 Å². The van der Waals surface area contributed by atoms with Crippen LogP contribution in [-0.2, 0) is 0 Å². The van der Waals surface area contributed by atoms with E-state index in [0.717, 1.165) is 22.6 Å². The van der Waals surface area contributed by atoms with Crippen molar-refractivity contribution in [3.8, 4) is 22.6 Å². The van der Waals surface area contributed by atoms with E-state index in [1.165, 1.54) is 0 Å². The van der Waals surface area contributed by atoms with Crippen molar-refractivity contribution < 1.29 is 4.74 Å². The van der Waals surface area contributed by atoms with Gasteiger partial charge < -0.3 is 10.5 Å². The highest BCUT2D eigenvalue weighted by molar-refractivity contribution is 5.76. The SMILES string of the molecule is COc1ccc(-c2ccn(-c3ccccc3)c(=O)c2N)cc1. The van der Waals surface area contributed by atoms with Gasteiger partial charge in [-0.2, -0.15) is 0 Å². The van der Waals surface area contributed by atoms with E-state index in [0.29, 0.717) is 0 Å². The molecule has 3 rings (SSSR count). The minimum Gasteiger partial charge on any atom is -0.497 e. The molecule has 0 saturated heterocycles. The zero-order valence-electron chi connectivity index (χ0n) is 12.2. The lowest BCUT2D eigenvalue weighted by atomic mass is 10.1. The van der Waals surface area contributed by atoms with E-state index in [-0.39, 0.29) is 11.2 Å². The summed E-state index contributed by atoms with van der Waals surface area (Å²) in [5, 5.41) is 0. The molecule has 0 spiro atoms. The van der Waals surface area contributed by atoms with Crippen molar-refractivity contribution in [2.75, 3.05) is 12.8 Å². The van der Waals surface area contributed by atoms with E-state index in [2.05, 4.69) is 0 Å². The fourth-order valence-electron chi connectivity index (χ4n) is 2.37. The average Bonchev–Trinajstić information content (AvgIpc) is 2.58. The molecule has 0 fully saturated rings. The van der Waals surface area contributed by atoms with Crippen molar-refractivity contribution in [1.82, 2.24) is 4.57 Å². The molecule has 0 radical (unpaired) electrons. The van der Waals surface area contributed by atoms with E-state index in [1.54, 1.807) is 17.9 Å². The molecular formula is C18H16N2O2. The number of rotatable bonds is 3. The maximum atomic E-state index is 12.5. The largest absolute Gasteiger partial charge is 0.497 e. The van der Waals surface area contributed by atoms with Gasteiger partial charge in [0.2, 0.25) is 0 Å². The first-order valence-corrected chi connectivity index (χ1v) is 6.91. The normalized spacial score (nSPS) is 10.4. The Labute approximate surface area is 128 Å². The van der Waals surface area contributed by atoms with Gasteiger partial charge in [0.1, 0.15) is 11.4 Å². The minimum absolute atomic E-state index is 0.223. The quantitative estimate of drug-likeness (QED) is 0.807. The molecule has 4 nitrogen and oxygen atoms in total. The summed E-state index contributed by atoms with van der Waals surface area (Å²) in [7, 11) is 1.62. The van der Waals surface area contributed by atoms with Crippen molar-refractivity contribution >= 4 is 5.69 Å². The van der Waals surface area contributed by atoms with Crippen LogP contribution in [0.1, 0.15) is 0 Å². The molecule has 3 aromatic rings. The van der Waals surface area contributed by atoms with Gasteiger partial charge in [0.25, 0.3) is 5.56 Å². The third-order valence-electron chi connectivity index (χ3n) is 3.57. The van der Waals surface area contributed by atoms with Gasteiger partial charge in [-0.15, -0.1) is 0 Å². The van der Waals surface area contributed by atoms with Crippen LogP contribution in [0, 0.1) is 0 Å². The highest BCUT2D eigenvalue weighted by Crippen LogP contribution is 2.25. The number of hydrogen-bond acceptors (Lipinski definition) is 3. The molecule has 22 heavy (non-hydrogen) atoms. The predicted molar refractivity (Wildman–Crippen MR) is 88.4 cm³/mol. The molecule has 0 aliphatic heterocycles. The van der Waals surface area contributed by atoms with E-state index < -0.39 is 0 Å². The molecule has 1 aromatic heterocycles. The number of hydrogen-bond donors (Lipinski definition) is 1. The molecule has 0 aliphatic rings. The van der Waals surface area contributed by atoms with E-state index in [4.69, 9.17) is 10.5 Å². The summed E-state index contributed by atoms with van der Waals surface area (Å²) >= 11 is 0. The van der Waals surface area contributed by atoms with Crippen molar-refractivity contribution in [3.63, 3.8) is 0 Å². The molecule has 1 heterocycles. The lowest BCUT2D eigenvalue weighted by Crippen LogP contribution is -2.21. The van der Waals surface area contributed by atoms with Gasteiger partial charge in [-0.25, -0.2) is 0 Å². The lowest BCUT2D eigenvalue weighted by molar-refractivity contribution is 0.415. The second-order valence-corrected chi connectivity index (χ2v) is 4.88. The molecule has 2 aromatic carbocycles. The highest BCUT2D eigenvalue weighted by atomic mass is 16.5. The van der Waals surface area contributed by atoms with Gasteiger partial charge in [-0.05, 0) is 35.9 Å². The Morgan fingerprint density at radius 1 is 0.955 bits per heavy atom. The molecule has 0 unspecified atom stereocenters. The number of nitrogens with two attached hydrogens (primary N) is 1. The second-order valence-electron chi connectivity index (χ2n) is 4.88. The van der Waals surface area contributed by atoms with Gasteiger partial charge in [0, 0.05) is 17.4 Å². The van der Waals surface area contributed by atoms with Gasteiger partial charge in [-0.1, -0.05) is 30.3 Å². The van der Waals surface area contributed by atoms with Crippen molar-refractivity contribution in [2.24, 2.45) is 0 Å². The Bertz CT molecular complexity index is 837. The van der Waals surface area contributed by atoms with Gasteiger partial charge >= 0.3 is 0 Å². The number of ether oxygens (including phenoxy) is 1. The Balaban J connectivity index is 2.08. The topological polar surface area (TPSA) is 57.2 Å². The summed E-state index contributed by atoms with van der Waals surface area (Å²) < 4.78 is 6.68. The van der Waals surface area contributed by atoms with E-state index in [1.807, 2.05) is 60.7 Å². The maximum Gasteiger partial charge on any atom is 0.278 e. The fraction of sp³-hybridized carbons (Fsp3) is 0.0556. The summed E-state index contributed by atoms with van der Waals surface area (Å²) in [4.78, 5) is 12.5. The van der Waals surface area contributed by atoms with Gasteiger partial charge in [-0.3, -0.25) is 9.36 Å². The summed E-state index contributed by atoms with van der Waals surface area (Å²) in [6, 6.07) is 18.7. The summed E-state index contributed by atoms with van der Waals surface area (Å²) in [5.41, 5.74) is 8.47. The van der Waals surface area contributed by atoms with Gasteiger partial charge in [0.05, 0.1) is 7.11 Å². The first kappa shape index (κ1) is 13.9. The molecule has 110 valence electrons. The van der Waals surface area contributed by atoms with Crippen LogP contribution in [0.4, 0.5) is 5.69 Å². The van der Waals surface area contributed by atoms with Crippen LogP contribution in [0.15, 0.2) is 71.7 Å². The van der Waals surface area contributed by atoms with Crippen LogP contribution in [0.5, 0.6) is 5.75 Å². The zero-order chi connectivity index (χ0) is 15.5. The number of aromatic nitrogens is 1. The Morgan fingerprint density at radius 2 is 1.64 bits per heavy atom. The monoisotopic (exact) mass is 292 g/mol. The second kappa shape index (κ2) is 5.77. The maximum absolute atomic E-state index is 12.5. The Morgan fingerprint density at radius 3 is 2.27 bits per heavy atom. The predicted octanol–water partition coefficient (Wildman–Crippen LogP) is 3.10.